The van der Waals surface area contributed by atoms with Crippen molar-refractivity contribution in [1.29, 1.82) is 5.41 Å². The summed E-state index contributed by atoms with van der Waals surface area (Å²) in [5, 5.41) is 7.59. The van der Waals surface area contributed by atoms with Gasteiger partial charge in [-0.25, -0.2) is 12.8 Å². The smallest absolute Gasteiger partial charge is 0.264 e. The molecule has 1 aromatic heterocycles. The largest absolute Gasteiger partial charge is 0.360 e. The van der Waals surface area contributed by atoms with E-state index in [1.165, 1.54) is 18.3 Å². The van der Waals surface area contributed by atoms with Gasteiger partial charge in [-0.3, -0.25) is 4.72 Å². The van der Waals surface area contributed by atoms with Crippen LogP contribution in [0.1, 0.15) is 5.56 Å². The van der Waals surface area contributed by atoms with Gasteiger partial charge in [-0.05, 0) is 29.8 Å². The number of aromatic nitrogens is 1. The fraction of sp³-hybridized carbons (Fsp3) is 0. The van der Waals surface area contributed by atoms with Gasteiger partial charge in [-0.15, -0.1) is 0 Å². The Morgan fingerprint density at radius 3 is 2.70 bits per heavy atom. The van der Waals surface area contributed by atoms with Gasteiger partial charge in [0.05, 0.1) is 5.69 Å². The molecule has 3 N–H and O–H groups in total. The fourth-order valence-electron chi connectivity index (χ4n) is 2.20. The van der Waals surface area contributed by atoms with Gasteiger partial charge in [0.15, 0.2) is 0 Å². The van der Waals surface area contributed by atoms with Gasteiger partial charge < -0.3 is 10.4 Å². The second-order valence-corrected chi connectivity index (χ2v) is 7.40. The summed E-state index contributed by atoms with van der Waals surface area (Å²) in [6.45, 7) is 0. The topological polar surface area (TPSA) is 85.8 Å². The van der Waals surface area contributed by atoms with Crippen LogP contribution in [-0.2, 0) is 10.0 Å². The summed E-state index contributed by atoms with van der Waals surface area (Å²) >= 11 is 3.32. The maximum atomic E-state index is 13.9. The van der Waals surface area contributed by atoms with E-state index in [1.807, 2.05) is 0 Å². The number of aromatic amines is 1. The van der Waals surface area contributed by atoms with E-state index < -0.39 is 15.8 Å². The first-order valence-electron chi connectivity index (χ1n) is 6.50. The average Bonchev–Trinajstić information content (AvgIpc) is 2.93. The van der Waals surface area contributed by atoms with Gasteiger partial charge in [0.1, 0.15) is 10.7 Å². The lowest BCUT2D eigenvalue weighted by molar-refractivity contribution is 0.599. The quantitative estimate of drug-likeness (QED) is 0.585. The Morgan fingerprint density at radius 1 is 1.22 bits per heavy atom. The molecule has 3 rings (SSSR count). The van der Waals surface area contributed by atoms with Crippen LogP contribution in [0.3, 0.4) is 0 Å². The van der Waals surface area contributed by atoms with Crippen LogP contribution in [0.4, 0.5) is 10.1 Å². The van der Waals surface area contributed by atoms with Crippen molar-refractivity contribution in [3.63, 3.8) is 0 Å². The molecule has 0 aliphatic heterocycles. The Morgan fingerprint density at radius 2 is 2.00 bits per heavy atom. The van der Waals surface area contributed by atoms with E-state index in [4.69, 9.17) is 5.41 Å². The molecule has 0 aliphatic rings. The lowest BCUT2D eigenvalue weighted by Gasteiger charge is -2.08. The summed E-state index contributed by atoms with van der Waals surface area (Å²) in [6, 6.07) is 9.00. The highest BCUT2D eigenvalue weighted by Gasteiger charge is 2.20. The zero-order valence-electron chi connectivity index (χ0n) is 11.6. The molecule has 0 saturated carbocycles. The van der Waals surface area contributed by atoms with Gasteiger partial charge in [-0.1, -0.05) is 28.1 Å². The number of hydrogen-bond donors (Lipinski definition) is 3. The summed E-state index contributed by atoms with van der Waals surface area (Å²) in [5.41, 5.74) is 0.837. The Balaban J connectivity index is 2.02. The molecule has 0 amide bonds. The van der Waals surface area contributed by atoms with Crippen molar-refractivity contribution in [3.05, 3.63) is 58.4 Å². The Bertz CT molecular complexity index is 1010. The molecule has 0 spiro atoms. The molecule has 5 nitrogen and oxygen atoms in total. The molecule has 0 unspecified atom stereocenters. The minimum Gasteiger partial charge on any atom is -0.360 e. The molecular weight excluding hydrogens is 385 g/mol. The minimum absolute atomic E-state index is 0.0375. The molecule has 1 heterocycles. The van der Waals surface area contributed by atoms with Crippen LogP contribution in [0.5, 0.6) is 0 Å². The van der Waals surface area contributed by atoms with Gasteiger partial charge >= 0.3 is 0 Å². The Kier molecular flexibility index (Phi) is 3.95. The molecule has 3 aromatic rings. The Labute approximate surface area is 140 Å². The van der Waals surface area contributed by atoms with Crippen LogP contribution in [-0.4, -0.2) is 19.6 Å². The van der Waals surface area contributed by atoms with E-state index in [0.29, 0.717) is 16.5 Å². The predicted octanol–water partition coefficient (Wildman–Crippen LogP) is 3.87. The highest BCUT2D eigenvalue weighted by Crippen LogP contribution is 2.27. The molecule has 0 atom stereocenters. The molecule has 118 valence electrons. The van der Waals surface area contributed by atoms with E-state index in [2.05, 4.69) is 25.6 Å². The van der Waals surface area contributed by atoms with Crippen molar-refractivity contribution < 1.29 is 12.8 Å². The number of benzene rings is 2. The van der Waals surface area contributed by atoms with Crippen molar-refractivity contribution in [2.24, 2.45) is 0 Å². The van der Waals surface area contributed by atoms with Crippen LogP contribution >= 0.6 is 15.9 Å². The summed E-state index contributed by atoms with van der Waals surface area (Å²) in [5.74, 6) is -0.739. The summed E-state index contributed by atoms with van der Waals surface area (Å²) in [6.07, 6.45) is 2.35. The van der Waals surface area contributed by atoms with Crippen molar-refractivity contribution in [3.8, 4) is 0 Å². The molecule has 8 heteroatoms. The zero-order chi connectivity index (χ0) is 16.6. The summed E-state index contributed by atoms with van der Waals surface area (Å²) < 4.78 is 42.0. The number of fused-ring (bicyclic) bond motifs is 1. The van der Waals surface area contributed by atoms with Gasteiger partial charge in [-0.2, -0.15) is 0 Å². The third kappa shape index (κ3) is 2.99. The van der Waals surface area contributed by atoms with E-state index >= 15 is 0 Å². The first kappa shape index (κ1) is 15.7. The van der Waals surface area contributed by atoms with E-state index in [9.17, 15) is 12.8 Å². The summed E-state index contributed by atoms with van der Waals surface area (Å²) in [4.78, 5) is 2.92. The number of halogens is 2. The first-order valence-corrected chi connectivity index (χ1v) is 8.78. The monoisotopic (exact) mass is 395 g/mol. The number of nitrogens with one attached hydrogen (secondary N) is 3. The number of anilines is 1. The van der Waals surface area contributed by atoms with Crippen molar-refractivity contribution in [2.75, 3.05) is 4.72 Å². The van der Waals surface area contributed by atoms with Gasteiger partial charge in [0, 0.05) is 27.8 Å². The molecule has 2 aromatic carbocycles. The number of hydrogen-bond acceptors (Lipinski definition) is 3. The third-order valence-corrected chi connectivity index (χ3v) is 5.20. The predicted molar refractivity (Wildman–Crippen MR) is 91.1 cm³/mol. The highest BCUT2D eigenvalue weighted by molar-refractivity contribution is 9.10. The number of sulfonamides is 1. The van der Waals surface area contributed by atoms with E-state index in [1.54, 1.807) is 18.2 Å². The molecule has 0 aliphatic carbocycles. The maximum absolute atomic E-state index is 13.9. The van der Waals surface area contributed by atoms with Crippen LogP contribution in [0.2, 0.25) is 0 Å². The van der Waals surface area contributed by atoms with E-state index in [0.717, 1.165) is 16.8 Å². The van der Waals surface area contributed by atoms with Crippen LogP contribution in [0, 0.1) is 11.2 Å². The molecular formula is C15H11BrFN3O2S. The standard InChI is InChI=1S/C15H11BrFN3O2S/c16-10-2-3-11-14(6-10)19-8-15(11)23(21,22)20-13-4-1-9(7-18)5-12(13)17/h1-8,18-20H. The van der Waals surface area contributed by atoms with Crippen LogP contribution < -0.4 is 4.72 Å². The molecule has 0 bridgehead atoms. The second kappa shape index (κ2) is 5.78. The maximum Gasteiger partial charge on any atom is 0.264 e. The van der Waals surface area contributed by atoms with Crippen molar-refractivity contribution >= 4 is 48.8 Å². The first-order chi connectivity index (χ1) is 10.9. The number of rotatable bonds is 4. The van der Waals surface area contributed by atoms with Crippen molar-refractivity contribution in [2.45, 2.75) is 4.90 Å². The molecule has 0 fully saturated rings. The lowest BCUT2D eigenvalue weighted by Crippen LogP contribution is -2.13. The van der Waals surface area contributed by atoms with Crippen LogP contribution in [0.25, 0.3) is 10.9 Å². The average molecular weight is 396 g/mol. The molecule has 0 radical (unpaired) electrons. The summed E-state index contributed by atoms with van der Waals surface area (Å²) in [7, 11) is -3.95. The van der Waals surface area contributed by atoms with Gasteiger partial charge in [0.25, 0.3) is 10.0 Å². The minimum atomic E-state index is -3.95. The van der Waals surface area contributed by atoms with Gasteiger partial charge in [0.2, 0.25) is 0 Å². The fourth-order valence-corrected chi connectivity index (χ4v) is 3.81. The van der Waals surface area contributed by atoms with Crippen LogP contribution in [0.15, 0.2) is 52.0 Å². The lowest BCUT2D eigenvalue weighted by atomic mass is 10.2. The third-order valence-electron chi connectivity index (χ3n) is 3.30. The molecule has 23 heavy (non-hydrogen) atoms. The second-order valence-electron chi connectivity index (χ2n) is 4.83. The molecule has 0 saturated heterocycles. The normalized spacial score (nSPS) is 11.6. The zero-order valence-corrected chi connectivity index (χ0v) is 14.0. The van der Waals surface area contributed by atoms with Crippen molar-refractivity contribution in [1.82, 2.24) is 4.98 Å². The van der Waals surface area contributed by atoms with E-state index in [-0.39, 0.29) is 10.6 Å². The Hall–Kier alpha value is -2.19. The SMILES string of the molecule is N=Cc1ccc(NS(=O)(=O)c2c[nH]c3cc(Br)ccc23)c(F)c1. The highest BCUT2D eigenvalue weighted by atomic mass is 79.9. The number of H-pyrrole nitrogens is 1.